The lowest BCUT2D eigenvalue weighted by molar-refractivity contribution is -0.131. The van der Waals surface area contributed by atoms with Crippen molar-refractivity contribution >= 4 is 12.0 Å². The molecular formula is C22H28O3. The zero-order chi connectivity index (χ0) is 19.1. The Morgan fingerprint density at radius 2 is 1.48 bits per heavy atom. The van der Waals surface area contributed by atoms with E-state index in [0.29, 0.717) is 5.57 Å². The van der Waals surface area contributed by atoms with E-state index in [2.05, 4.69) is 39.8 Å². The van der Waals surface area contributed by atoms with Crippen LogP contribution in [0.2, 0.25) is 0 Å². The van der Waals surface area contributed by atoms with Gasteiger partial charge in [0.15, 0.2) is 0 Å². The maximum Gasteiger partial charge on any atom is 0.328 e. The minimum atomic E-state index is -0.932. The van der Waals surface area contributed by atoms with Crippen LogP contribution in [0.3, 0.4) is 0 Å². The van der Waals surface area contributed by atoms with Crippen LogP contribution in [0.4, 0.5) is 0 Å². The second-order valence-electron chi connectivity index (χ2n) is 6.28. The highest BCUT2D eigenvalue weighted by molar-refractivity contribution is 5.81. The van der Waals surface area contributed by atoms with Crippen molar-refractivity contribution in [2.75, 3.05) is 7.11 Å². The molecule has 25 heavy (non-hydrogen) atoms. The first-order chi connectivity index (χ1) is 11.7. The molecule has 0 saturated carbocycles. The van der Waals surface area contributed by atoms with E-state index in [1.165, 1.54) is 33.9 Å². The normalized spacial score (nSPS) is 13.1. The van der Waals surface area contributed by atoms with E-state index in [4.69, 9.17) is 9.84 Å². The molecule has 0 aliphatic carbocycles. The molecule has 0 heterocycles. The number of ether oxygens (including phenoxy) is 1. The van der Waals surface area contributed by atoms with Crippen LogP contribution < -0.4 is 4.74 Å². The van der Waals surface area contributed by atoms with Crippen LogP contribution >= 0.6 is 0 Å². The molecule has 0 atom stereocenters. The van der Waals surface area contributed by atoms with Crippen LogP contribution in [0, 0.1) is 27.7 Å². The Hall–Kier alpha value is -2.55. The number of hydrogen-bond donors (Lipinski definition) is 1. The molecule has 0 bridgehead atoms. The quantitative estimate of drug-likeness (QED) is 0.551. The molecule has 1 N–H and O–H groups in total. The number of allylic oxidation sites excluding steroid dienone is 6. The minimum Gasteiger partial charge on any atom is -0.496 e. The SMILES string of the molecule is COc1c(C)c(C)c(/C=C/C(C)=C/C=C/C(C)=C/C(=O)O)c(C)c1C. The molecule has 0 fully saturated rings. The topological polar surface area (TPSA) is 46.5 Å². The van der Waals surface area contributed by atoms with Crippen molar-refractivity contribution in [1.82, 2.24) is 0 Å². The molecule has 3 heteroatoms. The summed E-state index contributed by atoms with van der Waals surface area (Å²) in [6, 6.07) is 0. The summed E-state index contributed by atoms with van der Waals surface area (Å²) in [6.45, 7) is 12.2. The highest BCUT2D eigenvalue weighted by Crippen LogP contribution is 2.33. The average molecular weight is 340 g/mol. The second-order valence-corrected chi connectivity index (χ2v) is 6.28. The molecule has 0 saturated heterocycles. The Bertz CT molecular complexity index is 746. The van der Waals surface area contributed by atoms with Gasteiger partial charge in [0.1, 0.15) is 5.75 Å². The van der Waals surface area contributed by atoms with Crippen LogP contribution in [0.15, 0.2) is 41.5 Å². The summed E-state index contributed by atoms with van der Waals surface area (Å²) >= 11 is 0. The van der Waals surface area contributed by atoms with E-state index in [1.54, 1.807) is 20.1 Å². The molecule has 134 valence electrons. The third-order valence-corrected chi connectivity index (χ3v) is 4.40. The van der Waals surface area contributed by atoms with Crippen LogP contribution in [0.1, 0.15) is 41.7 Å². The van der Waals surface area contributed by atoms with Gasteiger partial charge in [0.2, 0.25) is 0 Å². The number of carboxylic acid groups (broad SMARTS) is 1. The van der Waals surface area contributed by atoms with Gasteiger partial charge in [-0.25, -0.2) is 4.79 Å². The molecule has 1 aromatic rings. The number of carbonyl (C=O) groups is 1. The van der Waals surface area contributed by atoms with Gasteiger partial charge in [-0.05, 0) is 74.9 Å². The maximum absolute atomic E-state index is 10.6. The molecular weight excluding hydrogens is 312 g/mol. The summed E-state index contributed by atoms with van der Waals surface area (Å²) in [7, 11) is 1.71. The van der Waals surface area contributed by atoms with Gasteiger partial charge < -0.3 is 9.84 Å². The molecule has 0 unspecified atom stereocenters. The van der Waals surface area contributed by atoms with Gasteiger partial charge in [0.25, 0.3) is 0 Å². The van der Waals surface area contributed by atoms with E-state index in [1.807, 2.05) is 19.1 Å². The Morgan fingerprint density at radius 3 is 1.96 bits per heavy atom. The van der Waals surface area contributed by atoms with E-state index in [0.717, 1.165) is 11.3 Å². The van der Waals surface area contributed by atoms with Gasteiger partial charge in [-0.15, -0.1) is 0 Å². The largest absolute Gasteiger partial charge is 0.496 e. The predicted octanol–water partition coefficient (Wildman–Crippen LogP) is 5.48. The van der Waals surface area contributed by atoms with Crippen LogP contribution in [-0.2, 0) is 4.79 Å². The summed E-state index contributed by atoms with van der Waals surface area (Å²) in [5.41, 5.74) is 7.79. The van der Waals surface area contributed by atoms with Gasteiger partial charge in [-0.1, -0.05) is 36.0 Å². The lowest BCUT2D eigenvalue weighted by Gasteiger charge is -2.17. The van der Waals surface area contributed by atoms with Crippen molar-refractivity contribution in [1.29, 1.82) is 0 Å². The fourth-order valence-electron chi connectivity index (χ4n) is 2.73. The smallest absolute Gasteiger partial charge is 0.328 e. The lowest BCUT2D eigenvalue weighted by atomic mass is 9.92. The summed E-state index contributed by atoms with van der Waals surface area (Å²) in [6.07, 6.45) is 11.0. The minimum absolute atomic E-state index is 0.702. The van der Waals surface area contributed by atoms with Crippen molar-refractivity contribution in [2.45, 2.75) is 41.5 Å². The molecule has 1 aromatic carbocycles. The standard InChI is InChI=1S/C22H28O3/c1-14(9-8-10-15(2)13-21(23)24)11-12-20-16(3)18(5)22(25-7)19(6)17(20)4/h8-13H,1-7H3,(H,23,24)/b10-8+,12-11+,14-9+,15-13+. The fraction of sp³-hybridized carbons (Fsp3) is 0.318. The Labute approximate surface area is 151 Å². The zero-order valence-electron chi connectivity index (χ0n) is 16.2. The molecule has 0 aliphatic rings. The molecule has 1 rings (SSSR count). The first kappa shape index (κ1) is 20.5. The zero-order valence-corrected chi connectivity index (χ0v) is 16.2. The van der Waals surface area contributed by atoms with Crippen molar-refractivity contribution in [3.63, 3.8) is 0 Å². The third-order valence-electron chi connectivity index (χ3n) is 4.40. The van der Waals surface area contributed by atoms with E-state index in [-0.39, 0.29) is 0 Å². The number of methoxy groups -OCH3 is 1. The first-order valence-corrected chi connectivity index (χ1v) is 8.27. The van der Waals surface area contributed by atoms with Gasteiger partial charge in [-0.2, -0.15) is 0 Å². The molecule has 3 nitrogen and oxygen atoms in total. The number of aliphatic carboxylic acids is 1. The second kappa shape index (κ2) is 9.07. The van der Waals surface area contributed by atoms with Gasteiger partial charge in [0.05, 0.1) is 7.11 Å². The van der Waals surface area contributed by atoms with Gasteiger partial charge in [0, 0.05) is 6.08 Å². The van der Waals surface area contributed by atoms with Crippen LogP contribution in [-0.4, -0.2) is 18.2 Å². The van der Waals surface area contributed by atoms with E-state index in [9.17, 15) is 4.79 Å². The Balaban J connectivity index is 3.08. The molecule has 0 radical (unpaired) electrons. The lowest BCUT2D eigenvalue weighted by Crippen LogP contribution is -2.00. The van der Waals surface area contributed by atoms with Crippen molar-refractivity contribution in [3.05, 3.63) is 69.3 Å². The summed E-state index contributed by atoms with van der Waals surface area (Å²) in [5.74, 6) is 0.0296. The first-order valence-electron chi connectivity index (χ1n) is 8.27. The number of carboxylic acids is 1. The van der Waals surface area contributed by atoms with Gasteiger partial charge in [-0.3, -0.25) is 0 Å². The Kier molecular flexibility index (Phi) is 7.43. The highest BCUT2D eigenvalue weighted by Gasteiger charge is 2.13. The summed E-state index contributed by atoms with van der Waals surface area (Å²) < 4.78 is 5.53. The third kappa shape index (κ3) is 5.49. The molecule has 0 spiro atoms. The fourth-order valence-corrected chi connectivity index (χ4v) is 2.73. The van der Waals surface area contributed by atoms with Crippen molar-refractivity contribution < 1.29 is 14.6 Å². The molecule has 0 aliphatic heterocycles. The monoisotopic (exact) mass is 340 g/mol. The number of hydrogen-bond acceptors (Lipinski definition) is 2. The molecule has 0 amide bonds. The predicted molar refractivity (Wildman–Crippen MR) is 105 cm³/mol. The van der Waals surface area contributed by atoms with Crippen molar-refractivity contribution in [2.24, 2.45) is 0 Å². The van der Waals surface area contributed by atoms with Crippen molar-refractivity contribution in [3.8, 4) is 5.75 Å². The summed E-state index contributed by atoms with van der Waals surface area (Å²) in [5, 5.41) is 8.69. The average Bonchev–Trinajstić information content (AvgIpc) is 2.53. The highest BCUT2D eigenvalue weighted by atomic mass is 16.5. The molecule has 0 aromatic heterocycles. The maximum atomic E-state index is 10.6. The Morgan fingerprint density at radius 1 is 0.920 bits per heavy atom. The number of rotatable bonds is 6. The summed E-state index contributed by atoms with van der Waals surface area (Å²) in [4.78, 5) is 10.6. The van der Waals surface area contributed by atoms with Gasteiger partial charge >= 0.3 is 5.97 Å². The number of benzene rings is 1. The van der Waals surface area contributed by atoms with Crippen LogP contribution in [0.5, 0.6) is 5.75 Å². The van der Waals surface area contributed by atoms with E-state index >= 15 is 0 Å². The van der Waals surface area contributed by atoms with Crippen LogP contribution in [0.25, 0.3) is 6.08 Å². The van der Waals surface area contributed by atoms with E-state index < -0.39 is 5.97 Å².